The molecule has 2 aromatic rings. The number of hydrazine groups is 1. The number of hydrogen-bond acceptors (Lipinski definition) is 5. The third-order valence-corrected chi connectivity index (χ3v) is 3.47. The molecule has 2 rings (SSSR count). The standard InChI is InChI=1S/C13H14BrClN4O/c1-7(2)11-12(19-16)17-6-18-13(11)20-10-5-8(14)3-4-9(10)15/h3-7H,16H2,1-2H3,(H,17,18,19). The molecule has 20 heavy (non-hydrogen) atoms. The highest BCUT2D eigenvalue weighted by Gasteiger charge is 2.17. The van der Waals surface area contributed by atoms with Crippen LogP contribution in [0.5, 0.6) is 11.6 Å². The lowest BCUT2D eigenvalue weighted by Gasteiger charge is -2.16. The number of nitrogens with two attached hydrogens (primary N) is 1. The molecule has 0 spiro atoms. The molecule has 0 aliphatic heterocycles. The lowest BCUT2D eigenvalue weighted by molar-refractivity contribution is 0.451. The Balaban J connectivity index is 2.45. The van der Waals surface area contributed by atoms with Crippen LogP contribution in [0.3, 0.4) is 0 Å². The van der Waals surface area contributed by atoms with Crippen molar-refractivity contribution >= 4 is 33.3 Å². The molecule has 1 heterocycles. The van der Waals surface area contributed by atoms with E-state index in [2.05, 4.69) is 31.3 Å². The summed E-state index contributed by atoms with van der Waals surface area (Å²) in [6.45, 7) is 4.02. The van der Waals surface area contributed by atoms with E-state index < -0.39 is 0 Å². The molecule has 1 aromatic heterocycles. The molecule has 106 valence electrons. The van der Waals surface area contributed by atoms with Crippen LogP contribution in [0.15, 0.2) is 29.0 Å². The summed E-state index contributed by atoms with van der Waals surface area (Å²) in [5.74, 6) is 7.11. The largest absolute Gasteiger partial charge is 0.437 e. The van der Waals surface area contributed by atoms with E-state index in [-0.39, 0.29) is 5.92 Å². The van der Waals surface area contributed by atoms with E-state index in [1.165, 1.54) is 6.33 Å². The van der Waals surface area contributed by atoms with Crippen LogP contribution in [0.2, 0.25) is 5.02 Å². The molecule has 1 aromatic carbocycles. The zero-order chi connectivity index (χ0) is 14.7. The molecule has 0 aliphatic rings. The molecule has 0 aliphatic carbocycles. The fraction of sp³-hybridized carbons (Fsp3) is 0.231. The van der Waals surface area contributed by atoms with Crippen LogP contribution in [0.4, 0.5) is 5.82 Å². The molecule has 0 unspecified atom stereocenters. The SMILES string of the molecule is CC(C)c1c(NN)ncnc1Oc1cc(Br)ccc1Cl. The zero-order valence-electron chi connectivity index (χ0n) is 11.0. The summed E-state index contributed by atoms with van der Waals surface area (Å²) in [5.41, 5.74) is 3.35. The summed E-state index contributed by atoms with van der Waals surface area (Å²) in [6, 6.07) is 5.37. The fourth-order valence-corrected chi connectivity index (χ4v) is 2.25. The van der Waals surface area contributed by atoms with Crippen molar-refractivity contribution < 1.29 is 4.74 Å². The highest BCUT2D eigenvalue weighted by Crippen LogP contribution is 2.36. The molecule has 3 N–H and O–H groups in total. The minimum absolute atomic E-state index is 0.142. The van der Waals surface area contributed by atoms with Crippen LogP contribution in [-0.2, 0) is 0 Å². The van der Waals surface area contributed by atoms with E-state index in [1.807, 2.05) is 19.9 Å². The number of nitrogen functional groups attached to an aromatic ring is 1. The molecule has 0 atom stereocenters. The van der Waals surface area contributed by atoms with E-state index >= 15 is 0 Å². The normalized spacial score (nSPS) is 10.7. The maximum absolute atomic E-state index is 6.12. The Morgan fingerprint density at radius 1 is 1.35 bits per heavy atom. The van der Waals surface area contributed by atoms with Crippen molar-refractivity contribution in [2.75, 3.05) is 5.43 Å². The van der Waals surface area contributed by atoms with Crippen molar-refractivity contribution in [3.8, 4) is 11.6 Å². The van der Waals surface area contributed by atoms with Gasteiger partial charge < -0.3 is 10.2 Å². The molecule has 7 heteroatoms. The number of ether oxygens (including phenoxy) is 1. The number of anilines is 1. The van der Waals surface area contributed by atoms with Crippen LogP contribution in [-0.4, -0.2) is 9.97 Å². The van der Waals surface area contributed by atoms with E-state index in [0.717, 1.165) is 10.0 Å². The van der Waals surface area contributed by atoms with Gasteiger partial charge in [0, 0.05) is 4.47 Å². The van der Waals surface area contributed by atoms with Crippen LogP contribution >= 0.6 is 27.5 Å². The Kier molecular flexibility index (Phi) is 4.80. The molecule has 5 nitrogen and oxygen atoms in total. The van der Waals surface area contributed by atoms with Gasteiger partial charge in [0.1, 0.15) is 12.1 Å². The van der Waals surface area contributed by atoms with Crippen LogP contribution in [0.1, 0.15) is 25.3 Å². The van der Waals surface area contributed by atoms with Crippen LogP contribution < -0.4 is 16.0 Å². The van der Waals surface area contributed by atoms with E-state index in [4.69, 9.17) is 22.2 Å². The summed E-state index contributed by atoms with van der Waals surface area (Å²) in [6.07, 6.45) is 1.39. The summed E-state index contributed by atoms with van der Waals surface area (Å²) in [4.78, 5) is 8.26. The van der Waals surface area contributed by atoms with Gasteiger partial charge in [0.25, 0.3) is 0 Å². The Hall–Kier alpha value is -1.37. The topological polar surface area (TPSA) is 73.1 Å². The van der Waals surface area contributed by atoms with Crippen molar-refractivity contribution in [2.45, 2.75) is 19.8 Å². The predicted molar refractivity (Wildman–Crippen MR) is 83.2 cm³/mol. The second-order valence-corrected chi connectivity index (χ2v) is 5.74. The second kappa shape index (κ2) is 6.39. The third kappa shape index (κ3) is 3.20. The van der Waals surface area contributed by atoms with Crippen molar-refractivity contribution in [3.63, 3.8) is 0 Å². The Labute approximate surface area is 130 Å². The monoisotopic (exact) mass is 356 g/mol. The molecular formula is C13H14BrClN4O. The lowest BCUT2D eigenvalue weighted by Crippen LogP contribution is -2.13. The first-order valence-corrected chi connectivity index (χ1v) is 7.14. The Morgan fingerprint density at radius 3 is 2.75 bits per heavy atom. The summed E-state index contributed by atoms with van der Waals surface area (Å²) in [7, 11) is 0. The summed E-state index contributed by atoms with van der Waals surface area (Å²) < 4.78 is 6.69. The van der Waals surface area contributed by atoms with Gasteiger partial charge in [0.2, 0.25) is 5.88 Å². The van der Waals surface area contributed by atoms with E-state index in [9.17, 15) is 0 Å². The second-order valence-electron chi connectivity index (χ2n) is 4.42. The number of hydrogen-bond donors (Lipinski definition) is 2. The van der Waals surface area contributed by atoms with Gasteiger partial charge in [-0.05, 0) is 24.1 Å². The van der Waals surface area contributed by atoms with Crippen molar-refractivity contribution in [3.05, 3.63) is 39.6 Å². The molecule has 0 amide bonds. The van der Waals surface area contributed by atoms with Crippen LogP contribution in [0.25, 0.3) is 0 Å². The van der Waals surface area contributed by atoms with Crippen molar-refractivity contribution in [1.29, 1.82) is 0 Å². The minimum Gasteiger partial charge on any atom is -0.437 e. The van der Waals surface area contributed by atoms with Crippen molar-refractivity contribution in [2.24, 2.45) is 5.84 Å². The Bertz CT molecular complexity index is 621. The molecule has 0 fully saturated rings. The maximum atomic E-state index is 6.12. The van der Waals surface area contributed by atoms with Gasteiger partial charge in [0.05, 0.1) is 10.6 Å². The number of aromatic nitrogens is 2. The average molecular weight is 358 g/mol. The first kappa shape index (κ1) is 15.0. The number of nitrogens with one attached hydrogen (secondary N) is 1. The lowest BCUT2D eigenvalue weighted by atomic mass is 10.1. The Morgan fingerprint density at radius 2 is 2.10 bits per heavy atom. The van der Waals surface area contributed by atoms with Gasteiger partial charge in [-0.2, -0.15) is 0 Å². The highest BCUT2D eigenvalue weighted by molar-refractivity contribution is 9.10. The van der Waals surface area contributed by atoms with Gasteiger partial charge in [-0.1, -0.05) is 41.4 Å². The smallest absolute Gasteiger partial charge is 0.228 e. The minimum atomic E-state index is 0.142. The quantitative estimate of drug-likeness (QED) is 0.637. The molecule has 0 saturated heterocycles. The number of nitrogens with zero attached hydrogens (tertiary/aromatic N) is 2. The molecule has 0 bridgehead atoms. The third-order valence-electron chi connectivity index (χ3n) is 2.66. The van der Waals surface area contributed by atoms with Crippen molar-refractivity contribution in [1.82, 2.24) is 9.97 Å². The first-order valence-electron chi connectivity index (χ1n) is 5.97. The van der Waals surface area contributed by atoms with E-state index in [0.29, 0.717) is 22.5 Å². The number of benzene rings is 1. The van der Waals surface area contributed by atoms with Crippen LogP contribution in [0, 0.1) is 0 Å². The fourth-order valence-electron chi connectivity index (χ4n) is 1.76. The van der Waals surface area contributed by atoms with Gasteiger partial charge in [0.15, 0.2) is 5.82 Å². The summed E-state index contributed by atoms with van der Waals surface area (Å²) >= 11 is 9.50. The molecular weight excluding hydrogens is 344 g/mol. The zero-order valence-corrected chi connectivity index (χ0v) is 13.4. The summed E-state index contributed by atoms with van der Waals surface area (Å²) in [5, 5.41) is 0.503. The predicted octanol–water partition coefficient (Wildman–Crippen LogP) is 4.09. The number of halogens is 2. The maximum Gasteiger partial charge on any atom is 0.228 e. The van der Waals surface area contributed by atoms with Gasteiger partial charge in [-0.25, -0.2) is 15.8 Å². The van der Waals surface area contributed by atoms with Gasteiger partial charge in [-0.3, -0.25) is 0 Å². The first-order chi connectivity index (χ1) is 9.52. The molecule has 0 radical (unpaired) electrons. The molecule has 0 saturated carbocycles. The van der Waals surface area contributed by atoms with E-state index in [1.54, 1.807) is 12.1 Å². The average Bonchev–Trinajstić information content (AvgIpc) is 2.42. The van der Waals surface area contributed by atoms with Gasteiger partial charge >= 0.3 is 0 Å². The highest BCUT2D eigenvalue weighted by atomic mass is 79.9. The number of rotatable bonds is 4. The van der Waals surface area contributed by atoms with Gasteiger partial charge in [-0.15, -0.1) is 0 Å².